The van der Waals surface area contributed by atoms with Gasteiger partial charge in [0.1, 0.15) is 5.75 Å². The van der Waals surface area contributed by atoms with Crippen molar-refractivity contribution < 1.29 is 13.2 Å². The summed E-state index contributed by atoms with van der Waals surface area (Å²) in [5.74, 6) is 1.09. The lowest BCUT2D eigenvalue weighted by Gasteiger charge is -2.06. The first-order valence-electron chi connectivity index (χ1n) is 5.49. The van der Waals surface area contributed by atoms with Gasteiger partial charge in [-0.2, -0.15) is 0 Å². The lowest BCUT2D eigenvalue weighted by atomic mass is 10.3. The molecule has 0 fully saturated rings. The van der Waals surface area contributed by atoms with E-state index in [4.69, 9.17) is 16.3 Å². The Morgan fingerprint density at radius 3 is 2.63 bits per heavy atom. The fraction of sp³-hybridized carbons (Fsp3) is 0.154. The fourth-order valence-corrected chi connectivity index (χ4v) is 2.28. The van der Waals surface area contributed by atoms with Gasteiger partial charge in [0.15, 0.2) is 9.84 Å². The highest BCUT2D eigenvalue weighted by molar-refractivity contribution is 7.90. The highest BCUT2D eigenvalue weighted by atomic mass is 35.5. The predicted molar refractivity (Wildman–Crippen MR) is 73.4 cm³/mol. The average molecular weight is 298 g/mol. The highest BCUT2D eigenvalue weighted by Crippen LogP contribution is 2.22. The maximum absolute atomic E-state index is 11.4. The number of sulfone groups is 1. The summed E-state index contributed by atoms with van der Waals surface area (Å²) in [5.41, 5.74) is 0.693. The largest absolute Gasteiger partial charge is 0.439 e. The van der Waals surface area contributed by atoms with Crippen LogP contribution in [-0.2, 0) is 15.7 Å². The fourth-order valence-electron chi connectivity index (χ4n) is 1.48. The van der Waals surface area contributed by atoms with Gasteiger partial charge in [-0.3, -0.25) is 0 Å². The van der Waals surface area contributed by atoms with E-state index in [1.165, 1.54) is 12.1 Å². The Balaban J connectivity index is 2.28. The third kappa shape index (κ3) is 3.68. The molecule has 0 atom stereocenters. The van der Waals surface area contributed by atoms with Crippen molar-refractivity contribution in [2.45, 2.75) is 10.8 Å². The number of rotatable bonds is 4. The van der Waals surface area contributed by atoms with Crippen molar-refractivity contribution in [1.29, 1.82) is 0 Å². The summed E-state index contributed by atoms with van der Waals surface area (Å²) in [7, 11) is -3.25. The van der Waals surface area contributed by atoms with Crippen molar-refractivity contribution in [3.63, 3.8) is 0 Å². The Kier molecular flexibility index (Phi) is 4.07. The van der Waals surface area contributed by atoms with Gasteiger partial charge in [-0.05, 0) is 24.3 Å². The van der Waals surface area contributed by atoms with Crippen LogP contribution in [0, 0.1) is 0 Å². The van der Waals surface area contributed by atoms with E-state index in [2.05, 4.69) is 4.98 Å². The van der Waals surface area contributed by atoms with Gasteiger partial charge >= 0.3 is 0 Å². The molecule has 0 aliphatic rings. The SMILES string of the molecule is CS(=O)(=O)c1cccc(Oc2cccc(CCl)n2)c1. The van der Waals surface area contributed by atoms with Crippen molar-refractivity contribution >= 4 is 21.4 Å². The molecule has 0 saturated carbocycles. The first-order valence-corrected chi connectivity index (χ1v) is 7.91. The van der Waals surface area contributed by atoms with Gasteiger partial charge in [0.25, 0.3) is 0 Å². The molecule has 19 heavy (non-hydrogen) atoms. The third-order valence-corrected chi connectivity index (χ3v) is 3.76. The van der Waals surface area contributed by atoms with Crippen molar-refractivity contribution in [3.05, 3.63) is 48.2 Å². The molecule has 1 aromatic carbocycles. The molecule has 0 aliphatic carbocycles. The second-order valence-corrected chi connectivity index (χ2v) is 6.23. The molecule has 0 N–H and O–H groups in total. The van der Waals surface area contributed by atoms with Crippen LogP contribution in [-0.4, -0.2) is 19.7 Å². The van der Waals surface area contributed by atoms with Crippen LogP contribution >= 0.6 is 11.6 Å². The van der Waals surface area contributed by atoms with Crippen LogP contribution in [0.4, 0.5) is 0 Å². The topological polar surface area (TPSA) is 56.3 Å². The minimum Gasteiger partial charge on any atom is -0.439 e. The summed E-state index contributed by atoms with van der Waals surface area (Å²) in [5, 5.41) is 0. The zero-order valence-corrected chi connectivity index (χ0v) is 11.8. The standard InChI is InChI=1S/C13H12ClNO3S/c1-19(16,17)12-6-3-5-11(8-12)18-13-7-2-4-10(9-14)15-13/h2-8H,9H2,1H3. The van der Waals surface area contributed by atoms with Gasteiger partial charge in [0.2, 0.25) is 5.88 Å². The minimum atomic E-state index is -3.25. The number of nitrogens with zero attached hydrogens (tertiary/aromatic N) is 1. The van der Waals surface area contributed by atoms with Gasteiger partial charge < -0.3 is 4.74 Å². The molecule has 0 radical (unpaired) electrons. The van der Waals surface area contributed by atoms with E-state index in [0.717, 1.165) is 6.26 Å². The molecule has 0 bridgehead atoms. The average Bonchev–Trinajstić information content (AvgIpc) is 2.38. The number of pyridine rings is 1. The number of hydrogen-bond donors (Lipinski definition) is 0. The lowest BCUT2D eigenvalue weighted by molar-refractivity contribution is 0.460. The Hall–Kier alpha value is -1.59. The van der Waals surface area contributed by atoms with E-state index in [9.17, 15) is 8.42 Å². The summed E-state index contributed by atoms with van der Waals surface area (Å²) in [6, 6.07) is 11.5. The third-order valence-electron chi connectivity index (χ3n) is 2.37. The van der Waals surface area contributed by atoms with E-state index in [1.807, 2.05) is 0 Å². The molecule has 1 aromatic heterocycles. The summed E-state index contributed by atoms with van der Waals surface area (Å²) in [6.45, 7) is 0. The first kappa shape index (κ1) is 13.8. The summed E-state index contributed by atoms with van der Waals surface area (Å²) in [6.07, 6.45) is 1.15. The molecule has 1 heterocycles. The molecular formula is C13H12ClNO3S. The van der Waals surface area contributed by atoms with Crippen LogP contribution in [0.3, 0.4) is 0 Å². The van der Waals surface area contributed by atoms with Crippen molar-refractivity contribution in [3.8, 4) is 11.6 Å². The molecular weight excluding hydrogens is 286 g/mol. The Labute approximate surface area is 116 Å². The van der Waals surface area contributed by atoms with Gasteiger partial charge in [-0.1, -0.05) is 12.1 Å². The summed E-state index contributed by atoms with van der Waals surface area (Å²) >= 11 is 5.69. The molecule has 0 saturated heterocycles. The highest BCUT2D eigenvalue weighted by Gasteiger charge is 2.08. The second kappa shape index (κ2) is 5.59. The van der Waals surface area contributed by atoms with Crippen molar-refractivity contribution in [2.24, 2.45) is 0 Å². The molecule has 4 nitrogen and oxygen atoms in total. The van der Waals surface area contributed by atoms with Gasteiger partial charge in [-0.25, -0.2) is 13.4 Å². The first-order chi connectivity index (χ1) is 8.99. The monoisotopic (exact) mass is 297 g/mol. The second-order valence-electron chi connectivity index (χ2n) is 3.95. The zero-order chi connectivity index (χ0) is 13.9. The molecule has 100 valence electrons. The van der Waals surface area contributed by atoms with Crippen molar-refractivity contribution in [2.75, 3.05) is 6.26 Å². The van der Waals surface area contributed by atoms with Gasteiger partial charge in [0, 0.05) is 12.3 Å². The Morgan fingerprint density at radius 2 is 1.95 bits per heavy atom. The minimum absolute atomic E-state index is 0.207. The number of hydrogen-bond acceptors (Lipinski definition) is 4. The number of ether oxygens (including phenoxy) is 1. The lowest BCUT2D eigenvalue weighted by Crippen LogP contribution is -1.97. The van der Waals surface area contributed by atoms with E-state index in [0.29, 0.717) is 23.2 Å². The molecule has 0 aliphatic heterocycles. The smallest absolute Gasteiger partial charge is 0.219 e. The van der Waals surface area contributed by atoms with Crippen LogP contribution in [0.25, 0.3) is 0 Å². The number of benzene rings is 1. The van der Waals surface area contributed by atoms with Crippen LogP contribution in [0.1, 0.15) is 5.69 Å². The quantitative estimate of drug-likeness (QED) is 0.814. The van der Waals surface area contributed by atoms with E-state index < -0.39 is 9.84 Å². The van der Waals surface area contributed by atoms with Crippen LogP contribution in [0.5, 0.6) is 11.6 Å². The van der Waals surface area contributed by atoms with E-state index in [1.54, 1.807) is 30.3 Å². The number of halogens is 1. The molecule has 6 heteroatoms. The Morgan fingerprint density at radius 1 is 1.21 bits per heavy atom. The number of alkyl halides is 1. The normalized spacial score (nSPS) is 11.3. The maximum atomic E-state index is 11.4. The molecule has 0 unspecified atom stereocenters. The Bertz CT molecular complexity index is 686. The van der Waals surface area contributed by atoms with Crippen molar-refractivity contribution in [1.82, 2.24) is 4.98 Å². The molecule has 2 aromatic rings. The van der Waals surface area contributed by atoms with Crippen LogP contribution < -0.4 is 4.74 Å². The van der Waals surface area contributed by atoms with Crippen LogP contribution in [0.2, 0.25) is 0 Å². The summed E-state index contributed by atoms with van der Waals surface area (Å²) in [4.78, 5) is 4.38. The van der Waals surface area contributed by atoms with Gasteiger partial charge in [0.05, 0.1) is 16.5 Å². The van der Waals surface area contributed by atoms with Gasteiger partial charge in [-0.15, -0.1) is 11.6 Å². The molecule has 0 spiro atoms. The van der Waals surface area contributed by atoms with E-state index >= 15 is 0 Å². The van der Waals surface area contributed by atoms with E-state index in [-0.39, 0.29) is 4.90 Å². The zero-order valence-electron chi connectivity index (χ0n) is 10.2. The predicted octanol–water partition coefficient (Wildman–Crippen LogP) is 3.02. The maximum Gasteiger partial charge on any atom is 0.219 e. The molecule has 0 amide bonds. The summed E-state index contributed by atoms with van der Waals surface area (Å²) < 4.78 is 28.4. The van der Waals surface area contributed by atoms with Crippen LogP contribution in [0.15, 0.2) is 47.4 Å². The number of aromatic nitrogens is 1. The molecule has 2 rings (SSSR count).